The average molecular weight is 449 g/mol. The summed E-state index contributed by atoms with van der Waals surface area (Å²) in [6.45, 7) is -0.223. The van der Waals surface area contributed by atoms with Crippen LogP contribution in [0.25, 0.3) is 0 Å². The molecule has 0 saturated carbocycles. The fraction of sp³-hybridized carbons (Fsp3) is 0.167. The summed E-state index contributed by atoms with van der Waals surface area (Å²) in [4.78, 5) is 51.7. The molecule has 1 aliphatic heterocycles. The summed E-state index contributed by atoms with van der Waals surface area (Å²) in [5.41, 5.74) is 1.55. The van der Waals surface area contributed by atoms with Crippen molar-refractivity contribution in [2.24, 2.45) is 0 Å². The lowest BCUT2D eigenvalue weighted by Crippen LogP contribution is -2.44. The maximum absolute atomic E-state index is 12.8. The molecule has 1 aliphatic rings. The monoisotopic (exact) mass is 448 g/mol. The van der Waals surface area contributed by atoms with E-state index in [2.05, 4.69) is 5.32 Å². The second kappa shape index (κ2) is 9.57. The summed E-state index contributed by atoms with van der Waals surface area (Å²) in [6.07, 6.45) is 0.254. The van der Waals surface area contributed by atoms with Crippen molar-refractivity contribution in [3.8, 4) is 0 Å². The third-order valence-electron chi connectivity index (χ3n) is 5.05. The molecular weight excluding hydrogens is 428 g/mol. The first-order chi connectivity index (χ1) is 15.5. The van der Waals surface area contributed by atoms with Gasteiger partial charge < -0.3 is 10.1 Å². The minimum atomic E-state index is -0.908. The highest BCUT2D eigenvalue weighted by Crippen LogP contribution is 2.22. The van der Waals surface area contributed by atoms with Gasteiger partial charge in [0.25, 0.3) is 17.7 Å². The Labute approximate surface area is 188 Å². The smallest absolute Gasteiger partial charge is 0.329 e. The van der Waals surface area contributed by atoms with Crippen molar-refractivity contribution in [1.29, 1.82) is 0 Å². The van der Waals surface area contributed by atoms with Gasteiger partial charge in [0.2, 0.25) is 0 Å². The van der Waals surface area contributed by atoms with Crippen molar-refractivity contribution in [3.63, 3.8) is 0 Å². The maximum Gasteiger partial charge on any atom is 0.329 e. The summed E-state index contributed by atoms with van der Waals surface area (Å²) in [6, 6.07) is 18.4. The van der Waals surface area contributed by atoms with E-state index in [0.717, 1.165) is 10.5 Å². The number of rotatable bonds is 8. The lowest BCUT2D eigenvalue weighted by atomic mass is 10.1. The highest BCUT2D eigenvalue weighted by molar-refractivity contribution is 7.12. The molecule has 2 heterocycles. The molecule has 3 amide bonds. The number of fused-ring (bicyclic) bond motifs is 1. The van der Waals surface area contributed by atoms with Crippen molar-refractivity contribution in [2.75, 3.05) is 13.2 Å². The van der Waals surface area contributed by atoms with Gasteiger partial charge in [-0.15, -0.1) is 11.3 Å². The van der Waals surface area contributed by atoms with Gasteiger partial charge in [0.05, 0.1) is 22.5 Å². The van der Waals surface area contributed by atoms with E-state index >= 15 is 0 Å². The molecule has 1 aromatic heterocycles. The molecule has 0 aliphatic carbocycles. The SMILES string of the molecule is O=C(NC(Cc1ccccc1)C(=O)OCCN1C(=O)c2ccccc2C1=O)c1cccs1. The Bertz CT molecular complexity index is 1110. The average Bonchev–Trinajstić information content (AvgIpc) is 3.43. The number of thiophene rings is 1. The number of hydrogen-bond acceptors (Lipinski definition) is 6. The van der Waals surface area contributed by atoms with Gasteiger partial charge in [0.15, 0.2) is 0 Å². The van der Waals surface area contributed by atoms with Crippen LogP contribution >= 0.6 is 11.3 Å². The number of esters is 1. The molecule has 0 radical (unpaired) electrons. The quantitative estimate of drug-likeness (QED) is 0.423. The summed E-state index contributed by atoms with van der Waals surface area (Å²) in [5, 5.41) is 4.51. The van der Waals surface area contributed by atoms with Crippen LogP contribution in [0.2, 0.25) is 0 Å². The second-order valence-corrected chi connectivity index (χ2v) is 8.12. The number of carbonyl (C=O) groups excluding carboxylic acids is 4. The molecule has 2 aromatic carbocycles. The Kier molecular flexibility index (Phi) is 6.42. The third kappa shape index (κ3) is 4.60. The molecule has 1 N–H and O–H groups in total. The fourth-order valence-electron chi connectivity index (χ4n) is 3.46. The van der Waals surface area contributed by atoms with Gasteiger partial charge in [-0.25, -0.2) is 4.79 Å². The van der Waals surface area contributed by atoms with Crippen LogP contribution in [0.5, 0.6) is 0 Å². The van der Waals surface area contributed by atoms with E-state index < -0.39 is 23.8 Å². The molecule has 1 unspecified atom stereocenters. The Morgan fingerprint density at radius 3 is 2.19 bits per heavy atom. The van der Waals surface area contributed by atoms with Crippen LogP contribution < -0.4 is 5.32 Å². The molecule has 1 atom stereocenters. The minimum absolute atomic E-state index is 0.0605. The molecule has 7 nitrogen and oxygen atoms in total. The number of nitrogens with one attached hydrogen (secondary N) is 1. The van der Waals surface area contributed by atoms with Crippen LogP contribution in [0.1, 0.15) is 36.0 Å². The molecule has 4 rings (SSSR count). The van der Waals surface area contributed by atoms with Crippen molar-refractivity contribution >= 4 is 35.0 Å². The normalized spacial score (nSPS) is 13.6. The van der Waals surface area contributed by atoms with Gasteiger partial charge in [-0.2, -0.15) is 0 Å². The van der Waals surface area contributed by atoms with Crippen LogP contribution in [0.3, 0.4) is 0 Å². The largest absolute Gasteiger partial charge is 0.462 e. The van der Waals surface area contributed by atoms with Crippen LogP contribution in [-0.2, 0) is 16.0 Å². The number of amides is 3. The van der Waals surface area contributed by atoms with Gasteiger partial charge in [0.1, 0.15) is 12.6 Å². The van der Waals surface area contributed by atoms with Crippen molar-refractivity contribution in [2.45, 2.75) is 12.5 Å². The Hall–Kier alpha value is -3.78. The molecule has 3 aromatic rings. The highest BCUT2D eigenvalue weighted by atomic mass is 32.1. The zero-order valence-corrected chi connectivity index (χ0v) is 17.8. The molecule has 32 heavy (non-hydrogen) atoms. The van der Waals surface area contributed by atoms with Gasteiger partial charge in [0, 0.05) is 6.42 Å². The van der Waals surface area contributed by atoms with Crippen molar-refractivity contribution in [1.82, 2.24) is 10.2 Å². The van der Waals surface area contributed by atoms with Crippen LogP contribution in [0, 0.1) is 0 Å². The van der Waals surface area contributed by atoms with Gasteiger partial charge in [-0.3, -0.25) is 19.3 Å². The van der Waals surface area contributed by atoms with E-state index in [1.54, 1.807) is 41.8 Å². The first kappa shape index (κ1) is 21.5. The van der Waals surface area contributed by atoms with Crippen molar-refractivity contribution in [3.05, 3.63) is 93.7 Å². The number of ether oxygens (including phenoxy) is 1. The van der Waals surface area contributed by atoms with Gasteiger partial charge >= 0.3 is 5.97 Å². The van der Waals surface area contributed by atoms with E-state index in [-0.39, 0.29) is 25.5 Å². The van der Waals surface area contributed by atoms with E-state index in [0.29, 0.717) is 16.0 Å². The predicted octanol–water partition coefficient (Wildman–Crippen LogP) is 2.93. The Morgan fingerprint density at radius 2 is 1.56 bits per heavy atom. The summed E-state index contributed by atoms with van der Waals surface area (Å²) < 4.78 is 5.36. The maximum atomic E-state index is 12.8. The van der Waals surface area contributed by atoms with E-state index in [9.17, 15) is 19.2 Å². The number of carbonyl (C=O) groups is 4. The van der Waals surface area contributed by atoms with E-state index in [1.165, 1.54) is 11.3 Å². The molecule has 0 fully saturated rings. The predicted molar refractivity (Wildman–Crippen MR) is 118 cm³/mol. The standard InChI is InChI=1S/C24H20N2O5S/c27-21(20-11-6-14-32-20)25-19(15-16-7-2-1-3-8-16)24(30)31-13-12-26-22(28)17-9-4-5-10-18(17)23(26)29/h1-11,14,19H,12-13,15H2,(H,25,27). The van der Waals surface area contributed by atoms with Gasteiger partial charge in [-0.1, -0.05) is 48.5 Å². The highest BCUT2D eigenvalue weighted by Gasteiger charge is 2.35. The molecule has 0 spiro atoms. The number of imide groups is 1. The van der Waals surface area contributed by atoms with Crippen LogP contribution in [0.15, 0.2) is 72.1 Å². The molecule has 0 bridgehead atoms. The molecule has 162 valence electrons. The number of hydrogen-bond donors (Lipinski definition) is 1. The minimum Gasteiger partial charge on any atom is -0.462 e. The first-order valence-electron chi connectivity index (χ1n) is 10.0. The zero-order valence-electron chi connectivity index (χ0n) is 17.0. The zero-order chi connectivity index (χ0) is 22.5. The lowest BCUT2D eigenvalue weighted by Gasteiger charge is -2.19. The van der Waals surface area contributed by atoms with Crippen molar-refractivity contribution < 1.29 is 23.9 Å². The summed E-state index contributed by atoms with van der Waals surface area (Å²) in [7, 11) is 0. The second-order valence-electron chi connectivity index (χ2n) is 7.17. The lowest BCUT2D eigenvalue weighted by molar-refractivity contribution is -0.146. The van der Waals surface area contributed by atoms with Gasteiger partial charge in [-0.05, 0) is 29.1 Å². The molecule has 0 saturated heterocycles. The number of benzene rings is 2. The number of nitrogens with zero attached hydrogens (tertiary/aromatic N) is 1. The van der Waals surface area contributed by atoms with E-state index in [4.69, 9.17) is 4.74 Å². The summed E-state index contributed by atoms with van der Waals surface area (Å²) in [5.74, 6) is -1.81. The summed E-state index contributed by atoms with van der Waals surface area (Å²) >= 11 is 1.27. The Balaban J connectivity index is 1.39. The van der Waals surface area contributed by atoms with E-state index in [1.807, 2.05) is 30.3 Å². The topological polar surface area (TPSA) is 92.8 Å². The first-order valence-corrected chi connectivity index (χ1v) is 10.9. The van der Waals surface area contributed by atoms with Crippen LogP contribution in [-0.4, -0.2) is 47.8 Å². The Morgan fingerprint density at radius 1 is 0.906 bits per heavy atom. The third-order valence-corrected chi connectivity index (χ3v) is 5.92. The molecular formula is C24H20N2O5S. The fourth-order valence-corrected chi connectivity index (χ4v) is 4.09. The molecule has 8 heteroatoms. The van der Waals surface area contributed by atoms with Crippen LogP contribution in [0.4, 0.5) is 0 Å².